The van der Waals surface area contributed by atoms with Crippen molar-refractivity contribution in [2.24, 2.45) is 0 Å². The lowest BCUT2D eigenvalue weighted by molar-refractivity contribution is 0.304. The van der Waals surface area contributed by atoms with Crippen LogP contribution in [0, 0.1) is 0 Å². The Labute approximate surface area is 100 Å². The molecule has 0 amide bonds. The lowest BCUT2D eigenvalue weighted by Gasteiger charge is -2.08. The number of benzene rings is 1. The van der Waals surface area contributed by atoms with Crippen molar-refractivity contribution >= 4 is 5.69 Å². The highest BCUT2D eigenvalue weighted by molar-refractivity contribution is 5.44. The maximum atomic E-state index is 5.80. The van der Waals surface area contributed by atoms with Crippen LogP contribution in [0.15, 0.2) is 42.7 Å². The molecule has 88 valence electrons. The van der Waals surface area contributed by atoms with Crippen molar-refractivity contribution in [1.29, 1.82) is 0 Å². The van der Waals surface area contributed by atoms with Gasteiger partial charge in [0.15, 0.2) is 0 Å². The second-order valence-corrected chi connectivity index (χ2v) is 3.54. The molecule has 2 N–H and O–H groups in total. The fraction of sp³-hybridized carbons (Fsp3) is 0.154. The molecule has 0 aliphatic heterocycles. The van der Waals surface area contributed by atoms with Crippen molar-refractivity contribution in [3.05, 3.63) is 48.3 Å². The molecule has 1 heterocycles. The molecule has 1 aromatic carbocycles. The molecule has 0 saturated carbocycles. The summed E-state index contributed by atoms with van der Waals surface area (Å²) in [5.74, 6) is 1.51. The van der Waals surface area contributed by atoms with Gasteiger partial charge in [0.1, 0.15) is 18.1 Å². The van der Waals surface area contributed by atoms with Crippen molar-refractivity contribution in [3.8, 4) is 11.5 Å². The van der Waals surface area contributed by atoms with Gasteiger partial charge in [0.25, 0.3) is 0 Å². The van der Waals surface area contributed by atoms with Gasteiger partial charge >= 0.3 is 0 Å². The van der Waals surface area contributed by atoms with E-state index in [1.165, 1.54) is 0 Å². The Bertz CT molecular complexity index is 500. The first kappa shape index (κ1) is 11.3. The number of nitrogens with two attached hydrogens (primary N) is 1. The van der Waals surface area contributed by atoms with Crippen LogP contribution in [0.25, 0.3) is 0 Å². The van der Waals surface area contributed by atoms with Crippen LogP contribution in [-0.2, 0) is 6.61 Å². The zero-order valence-electron chi connectivity index (χ0n) is 9.59. The summed E-state index contributed by atoms with van der Waals surface area (Å²) in [6, 6.07) is 9.19. The first-order chi connectivity index (χ1) is 8.29. The van der Waals surface area contributed by atoms with E-state index in [1.807, 2.05) is 24.3 Å². The molecular formula is C13H14N2O2. The third-order valence-electron chi connectivity index (χ3n) is 2.38. The fourth-order valence-corrected chi connectivity index (χ4v) is 1.41. The number of nitrogens with zero attached hydrogens (tertiary/aromatic N) is 1. The van der Waals surface area contributed by atoms with Gasteiger partial charge in [-0.2, -0.15) is 0 Å². The van der Waals surface area contributed by atoms with Crippen LogP contribution < -0.4 is 15.2 Å². The van der Waals surface area contributed by atoms with E-state index in [-0.39, 0.29) is 0 Å². The molecule has 0 saturated heterocycles. The van der Waals surface area contributed by atoms with Gasteiger partial charge < -0.3 is 15.2 Å². The van der Waals surface area contributed by atoms with Crippen LogP contribution in [0.2, 0.25) is 0 Å². The minimum atomic E-state index is 0.396. The molecule has 2 rings (SSSR count). The number of aromatic nitrogens is 1. The van der Waals surface area contributed by atoms with Crippen LogP contribution in [-0.4, -0.2) is 12.1 Å². The molecule has 4 nitrogen and oxygen atoms in total. The van der Waals surface area contributed by atoms with Gasteiger partial charge in [0.05, 0.1) is 7.11 Å². The smallest absolute Gasteiger partial charge is 0.123 e. The highest BCUT2D eigenvalue weighted by atomic mass is 16.5. The van der Waals surface area contributed by atoms with Gasteiger partial charge in [-0.1, -0.05) is 6.07 Å². The topological polar surface area (TPSA) is 57.4 Å². The van der Waals surface area contributed by atoms with Gasteiger partial charge in [-0.3, -0.25) is 4.98 Å². The lowest BCUT2D eigenvalue weighted by Crippen LogP contribution is -2.00. The number of hydrogen-bond donors (Lipinski definition) is 1. The Morgan fingerprint density at radius 1 is 1.24 bits per heavy atom. The van der Waals surface area contributed by atoms with Crippen LogP contribution in [0.3, 0.4) is 0 Å². The molecule has 0 fully saturated rings. The van der Waals surface area contributed by atoms with Crippen molar-refractivity contribution < 1.29 is 9.47 Å². The van der Waals surface area contributed by atoms with Crippen LogP contribution in [0.1, 0.15) is 5.56 Å². The average molecular weight is 230 g/mol. The molecule has 0 radical (unpaired) electrons. The number of nitrogen functional groups attached to an aromatic ring is 1. The summed E-state index contributed by atoms with van der Waals surface area (Å²) in [4.78, 5) is 4.01. The molecule has 0 aliphatic carbocycles. The minimum absolute atomic E-state index is 0.396. The van der Waals surface area contributed by atoms with E-state index in [0.29, 0.717) is 12.3 Å². The van der Waals surface area contributed by atoms with Crippen molar-refractivity contribution in [2.75, 3.05) is 12.8 Å². The summed E-state index contributed by atoms with van der Waals surface area (Å²) in [7, 11) is 1.62. The average Bonchev–Trinajstić information content (AvgIpc) is 2.38. The van der Waals surface area contributed by atoms with Gasteiger partial charge in [0, 0.05) is 29.7 Å². The van der Waals surface area contributed by atoms with Gasteiger partial charge in [-0.25, -0.2) is 0 Å². The third kappa shape index (κ3) is 2.87. The highest BCUT2D eigenvalue weighted by Gasteiger charge is 2.01. The van der Waals surface area contributed by atoms with Crippen LogP contribution >= 0.6 is 0 Å². The Hall–Kier alpha value is -2.23. The monoisotopic (exact) mass is 230 g/mol. The molecule has 0 bridgehead atoms. The lowest BCUT2D eigenvalue weighted by atomic mass is 10.2. The second-order valence-electron chi connectivity index (χ2n) is 3.54. The van der Waals surface area contributed by atoms with E-state index in [0.717, 1.165) is 17.1 Å². The summed E-state index contributed by atoms with van der Waals surface area (Å²) in [6.07, 6.45) is 3.36. The van der Waals surface area contributed by atoms with Crippen molar-refractivity contribution in [3.63, 3.8) is 0 Å². The molecule has 17 heavy (non-hydrogen) atoms. The molecular weight excluding hydrogens is 216 g/mol. The predicted molar refractivity (Wildman–Crippen MR) is 66.0 cm³/mol. The summed E-state index contributed by atoms with van der Waals surface area (Å²) in [5, 5.41) is 0. The maximum absolute atomic E-state index is 5.80. The molecule has 0 spiro atoms. The summed E-state index contributed by atoms with van der Waals surface area (Å²) in [5.41, 5.74) is 7.35. The van der Waals surface area contributed by atoms with E-state index < -0.39 is 0 Å². The largest absolute Gasteiger partial charge is 0.497 e. The summed E-state index contributed by atoms with van der Waals surface area (Å²) >= 11 is 0. The van der Waals surface area contributed by atoms with Gasteiger partial charge in [-0.05, 0) is 18.2 Å². The summed E-state index contributed by atoms with van der Waals surface area (Å²) < 4.78 is 10.7. The van der Waals surface area contributed by atoms with Crippen molar-refractivity contribution in [1.82, 2.24) is 4.98 Å². The second kappa shape index (κ2) is 5.21. The van der Waals surface area contributed by atoms with Gasteiger partial charge in [0.2, 0.25) is 0 Å². The maximum Gasteiger partial charge on any atom is 0.123 e. The Balaban J connectivity index is 2.05. The Kier molecular flexibility index (Phi) is 3.45. The molecule has 1 aromatic heterocycles. The number of anilines is 1. The number of rotatable bonds is 4. The normalized spacial score (nSPS) is 9.94. The van der Waals surface area contributed by atoms with Crippen molar-refractivity contribution in [2.45, 2.75) is 6.61 Å². The van der Waals surface area contributed by atoms with Crippen LogP contribution in [0.5, 0.6) is 11.5 Å². The van der Waals surface area contributed by atoms with Crippen LogP contribution in [0.4, 0.5) is 5.69 Å². The van der Waals surface area contributed by atoms with E-state index in [1.54, 1.807) is 25.6 Å². The number of hydrogen-bond acceptors (Lipinski definition) is 4. The minimum Gasteiger partial charge on any atom is -0.497 e. The summed E-state index contributed by atoms with van der Waals surface area (Å²) in [6.45, 7) is 0.396. The fourth-order valence-electron chi connectivity index (χ4n) is 1.41. The van der Waals surface area contributed by atoms with E-state index in [4.69, 9.17) is 15.2 Å². The zero-order valence-corrected chi connectivity index (χ0v) is 9.59. The standard InChI is InChI=1S/C13H14N2O2/c1-16-11-3-2-4-12(7-11)17-9-10-8-15-6-5-13(10)14/h2-8H,9H2,1H3,(H2,14,15). The number of methoxy groups -OCH3 is 1. The molecule has 0 atom stereocenters. The van der Waals surface area contributed by atoms with E-state index in [9.17, 15) is 0 Å². The van der Waals surface area contributed by atoms with E-state index >= 15 is 0 Å². The first-order valence-electron chi connectivity index (χ1n) is 5.25. The quantitative estimate of drug-likeness (QED) is 0.875. The highest BCUT2D eigenvalue weighted by Crippen LogP contribution is 2.20. The number of ether oxygens (including phenoxy) is 2. The zero-order chi connectivity index (χ0) is 12.1. The molecule has 4 heteroatoms. The Morgan fingerprint density at radius 2 is 2.06 bits per heavy atom. The number of pyridine rings is 1. The Morgan fingerprint density at radius 3 is 2.82 bits per heavy atom. The molecule has 0 unspecified atom stereocenters. The van der Waals surface area contributed by atoms with Gasteiger partial charge in [-0.15, -0.1) is 0 Å². The molecule has 2 aromatic rings. The SMILES string of the molecule is COc1cccc(OCc2cnccc2N)c1. The molecule has 0 aliphatic rings. The predicted octanol–water partition coefficient (Wildman–Crippen LogP) is 2.25. The van der Waals surface area contributed by atoms with E-state index in [2.05, 4.69) is 4.98 Å². The third-order valence-corrected chi connectivity index (χ3v) is 2.38. The first-order valence-corrected chi connectivity index (χ1v) is 5.25.